The molecule has 0 saturated heterocycles. The number of aliphatic hydroxyl groups excluding tert-OH is 1. The van der Waals surface area contributed by atoms with Crippen LogP contribution < -0.4 is 0 Å². The van der Waals surface area contributed by atoms with E-state index in [-0.39, 0.29) is 16.6 Å². The standard InChI is InChI=1S/C13H19IO2/c1-2-3-9-16-13(12(14)10-15)11-7-5-4-6-8-11/h4-8,12-13,15H,2-3,9-10H2,1H3/t12-,13+/m1/s1. The normalized spacial score (nSPS) is 14.7. The Kier molecular flexibility index (Phi) is 7.00. The van der Waals surface area contributed by atoms with Crippen LogP contribution in [0.2, 0.25) is 0 Å². The summed E-state index contributed by atoms with van der Waals surface area (Å²) in [6, 6.07) is 10.1. The van der Waals surface area contributed by atoms with E-state index in [0.29, 0.717) is 0 Å². The third-order valence-corrected chi connectivity index (χ3v) is 3.47. The van der Waals surface area contributed by atoms with Gasteiger partial charge < -0.3 is 9.84 Å². The average Bonchev–Trinajstić information content (AvgIpc) is 2.35. The Morgan fingerprint density at radius 2 is 2.00 bits per heavy atom. The molecule has 0 unspecified atom stereocenters. The fraction of sp³-hybridized carbons (Fsp3) is 0.538. The minimum absolute atomic E-state index is 0.00153. The van der Waals surface area contributed by atoms with Crippen molar-refractivity contribution in [3.05, 3.63) is 35.9 Å². The first-order chi connectivity index (χ1) is 7.79. The van der Waals surface area contributed by atoms with Crippen LogP contribution in [-0.4, -0.2) is 22.2 Å². The molecule has 0 aliphatic rings. The van der Waals surface area contributed by atoms with Crippen LogP contribution in [0.15, 0.2) is 30.3 Å². The lowest BCUT2D eigenvalue weighted by atomic mass is 10.1. The predicted molar refractivity (Wildman–Crippen MR) is 74.9 cm³/mol. The molecule has 0 aliphatic carbocycles. The fourth-order valence-corrected chi connectivity index (χ4v) is 2.13. The lowest BCUT2D eigenvalue weighted by Gasteiger charge is -2.22. The number of halogens is 1. The fourth-order valence-electron chi connectivity index (χ4n) is 1.50. The molecule has 0 radical (unpaired) electrons. The van der Waals surface area contributed by atoms with Crippen LogP contribution in [0.3, 0.4) is 0 Å². The van der Waals surface area contributed by atoms with Crippen molar-refractivity contribution < 1.29 is 9.84 Å². The van der Waals surface area contributed by atoms with Crippen molar-refractivity contribution in [1.82, 2.24) is 0 Å². The Hall–Kier alpha value is -0.130. The summed E-state index contributed by atoms with van der Waals surface area (Å²) in [6.07, 6.45) is 2.20. The van der Waals surface area contributed by atoms with Gasteiger partial charge in [-0.3, -0.25) is 0 Å². The van der Waals surface area contributed by atoms with Gasteiger partial charge in [-0.15, -0.1) is 0 Å². The second kappa shape index (κ2) is 8.03. The highest BCUT2D eigenvalue weighted by Crippen LogP contribution is 2.26. The van der Waals surface area contributed by atoms with Gasteiger partial charge in [0.2, 0.25) is 0 Å². The summed E-state index contributed by atoms with van der Waals surface area (Å²) in [5.74, 6) is 0. The molecular weight excluding hydrogens is 315 g/mol. The minimum atomic E-state index is -0.00153. The van der Waals surface area contributed by atoms with Crippen molar-refractivity contribution in [1.29, 1.82) is 0 Å². The molecule has 0 spiro atoms. The van der Waals surface area contributed by atoms with E-state index < -0.39 is 0 Å². The first kappa shape index (κ1) is 13.9. The third-order valence-electron chi connectivity index (χ3n) is 2.43. The number of rotatable bonds is 7. The second-order valence-corrected chi connectivity index (χ2v) is 5.35. The molecule has 0 bridgehead atoms. The summed E-state index contributed by atoms with van der Waals surface area (Å²) >= 11 is 2.25. The SMILES string of the molecule is CCCCO[C@@H](c1ccccc1)[C@H](I)CO. The zero-order chi connectivity index (χ0) is 11.8. The number of hydrogen-bond donors (Lipinski definition) is 1. The molecule has 2 atom stereocenters. The number of alkyl halides is 1. The number of hydrogen-bond acceptors (Lipinski definition) is 2. The van der Waals surface area contributed by atoms with Crippen LogP contribution in [0.25, 0.3) is 0 Å². The lowest BCUT2D eigenvalue weighted by Crippen LogP contribution is -2.19. The van der Waals surface area contributed by atoms with Gasteiger partial charge in [-0.2, -0.15) is 0 Å². The molecule has 0 heterocycles. The monoisotopic (exact) mass is 334 g/mol. The Morgan fingerprint density at radius 3 is 2.56 bits per heavy atom. The maximum absolute atomic E-state index is 9.24. The smallest absolute Gasteiger partial charge is 0.0964 e. The molecule has 1 aromatic rings. The van der Waals surface area contributed by atoms with Crippen LogP contribution >= 0.6 is 22.6 Å². The van der Waals surface area contributed by atoms with Gasteiger partial charge >= 0.3 is 0 Å². The van der Waals surface area contributed by atoms with Gasteiger partial charge in [-0.1, -0.05) is 66.3 Å². The van der Waals surface area contributed by atoms with E-state index in [9.17, 15) is 5.11 Å². The number of benzene rings is 1. The third kappa shape index (κ3) is 4.39. The molecule has 90 valence electrons. The summed E-state index contributed by atoms with van der Waals surface area (Å²) in [6.45, 7) is 3.05. The molecule has 1 aromatic carbocycles. The van der Waals surface area contributed by atoms with Gasteiger partial charge in [-0.25, -0.2) is 0 Å². The molecule has 0 aromatic heterocycles. The molecule has 1 rings (SSSR count). The van der Waals surface area contributed by atoms with Gasteiger partial charge in [0.05, 0.1) is 16.6 Å². The highest BCUT2D eigenvalue weighted by molar-refractivity contribution is 14.1. The van der Waals surface area contributed by atoms with Crippen molar-refractivity contribution in [3.63, 3.8) is 0 Å². The molecule has 2 nitrogen and oxygen atoms in total. The Bertz CT molecular complexity index is 277. The topological polar surface area (TPSA) is 29.5 Å². The van der Waals surface area contributed by atoms with Gasteiger partial charge in [0, 0.05) is 6.61 Å². The van der Waals surface area contributed by atoms with Crippen molar-refractivity contribution in [2.24, 2.45) is 0 Å². The molecule has 1 N–H and O–H groups in total. The summed E-state index contributed by atoms with van der Waals surface area (Å²) in [4.78, 5) is 0. The summed E-state index contributed by atoms with van der Waals surface area (Å²) in [5.41, 5.74) is 1.15. The van der Waals surface area contributed by atoms with Crippen molar-refractivity contribution >= 4 is 22.6 Å². The zero-order valence-electron chi connectivity index (χ0n) is 9.60. The van der Waals surface area contributed by atoms with E-state index >= 15 is 0 Å². The largest absolute Gasteiger partial charge is 0.395 e. The highest BCUT2D eigenvalue weighted by atomic mass is 127. The van der Waals surface area contributed by atoms with Crippen molar-refractivity contribution in [2.45, 2.75) is 29.8 Å². The van der Waals surface area contributed by atoms with Gasteiger partial charge in [0.25, 0.3) is 0 Å². The van der Waals surface area contributed by atoms with Gasteiger partial charge in [-0.05, 0) is 12.0 Å². The first-order valence-corrected chi connectivity index (χ1v) is 6.95. The minimum Gasteiger partial charge on any atom is -0.395 e. The van der Waals surface area contributed by atoms with Crippen LogP contribution in [0, 0.1) is 0 Å². The Balaban J connectivity index is 2.64. The molecule has 0 aliphatic heterocycles. The van der Waals surface area contributed by atoms with E-state index in [2.05, 4.69) is 41.6 Å². The summed E-state index contributed by atoms with van der Waals surface area (Å²) in [5, 5.41) is 9.24. The quantitative estimate of drug-likeness (QED) is 0.471. The van der Waals surface area contributed by atoms with E-state index in [4.69, 9.17) is 4.74 Å². The average molecular weight is 334 g/mol. The van der Waals surface area contributed by atoms with Crippen molar-refractivity contribution in [2.75, 3.05) is 13.2 Å². The van der Waals surface area contributed by atoms with E-state index in [1.165, 1.54) is 0 Å². The molecule has 0 amide bonds. The number of unbranched alkanes of at least 4 members (excludes halogenated alkanes) is 1. The summed E-state index contributed by atoms with van der Waals surface area (Å²) < 4.78 is 5.96. The summed E-state index contributed by atoms with van der Waals surface area (Å²) in [7, 11) is 0. The van der Waals surface area contributed by atoms with Gasteiger partial charge in [0.1, 0.15) is 0 Å². The van der Waals surface area contributed by atoms with Crippen LogP contribution in [0.5, 0.6) is 0 Å². The molecule has 16 heavy (non-hydrogen) atoms. The van der Waals surface area contributed by atoms with Gasteiger partial charge in [0.15, 0.2) is 0 Å². The van der Waals surface area contributed by atoms with Crippen LogP contribution in [-0.2, 0) is 4.74 Å². The molecule has 0 fully saturated rings. The Labute approximate surface area is 111 Å². The van der Waals surface area contributed by atoms with E-state index in [0.717, 1.165) is 25.0 Å². The maximum atomic E-state index is 9.24. The zero-order valence-corrected chi connectivity index (χ0v) is 11.8. The van der Waals surface area contributed by atoms with Crippen molar-refractivity contribution in [3.8, 4) is 0 Å². The number of aliphatic hydroxyl groups is 1. The second-order valence-electron chi connectivity index (χ2n) is 3.75. The molecular formula is C13H19IO2. The first-order valence-electron chi connectivity index (χ1n) is 5.71. The lowest BCUT2D eigenvalue weighted by molar-refractivity contribution is 0.0415. The predicted octanol–water partition coefficient (Wildman–Crippen LogP) is 3.34. The molecule has 0 saturated carbocycles. The van der Waals surface area contributed by atoms with Crippen LogP contribution in [0.1, 0.15) is 31.4 Å². The van der Waals surface area contributed by atoms with E-state index in [1.807, 2.05) is 18.2 Å². The Morgan fingerprint density at radius 1 is 1.31 bits per heavy atom. The number of ether oxygens (including phenoxy) is 1. The highest BCUT2D eigenvalue weighted by Gasteiger charge is 2.20. The van der Waals surface area contributed by atoms with Crippen LogP contribution in [0.4, 0.5) is 0 Å². The van der Waals surface area contributed by atoms with E-state index in [1.54, 1.807) is 0 Å². The maximum Gasteiger partial charge on any atom is 0.0964 e. The molecule has 3 heteroatoms.